The Hall–Kier alpha value is -1.50. The lowest BCUT2D eigenvalue weighted by Crippen LogP contribution is -2.45. The van der Waals surface area contributed by atoms with Crippen molar-refractivity contribution < 1.29 is 17.6 Å². The molecule has 2 aromatic rings. The quantitative estimate of drug-likeness (QED) is 0.914. The third-order valence-electron chi connectivity index (χ3n) is 3.89. The van der Waals surface area contributed by atoms with Crippen LogP contribution in [0.15, 0.2) is 41.0 Å². The third-order valence-corrected chi connectivity index (χ3v) is 4.11. The van der Waals surface area contributed by atoms with E-state index < -0.39 is 11.7 Å². The summed E-state index contributed by atoms with van der Waals surface area (Å²) >= 11 is 5.94. The van der Waals surface area contributed by atoms with Gasteiger partial charge in [0, 0.05) is 31.2 Å². The van der Waals surface area contributed by atoms with Crippen molar-refractivity contribution in [3.63, 3.8) is 0 Å². The first kappa shape index (κ1) is 16.4. The van der Waals surface area contributed by atoms with Crippen LogP contribution in [0.4, 0.5) is 13.2 Å². The zero-order valence-corrected chi connectivity index (χ0v) is 13.0. The molecule has 1 atom stereocenters. The summed E-state index contributed by atoms with van der Waals surface area (Å²) in [7, 11) is 0. The van der Waals surface area contributed by atoms with Crippen molar-refractivity contribution in [2.75, 3.05) is 26.2 Å². The summed E-state index contributed by atoms with van der Waals surface area (Å²) in [6, 6.07) is 6.81. The molecule has 1 aliphatic rings. The molecule has 23 heavy (non-hydrogen) atoms. The standard InChI is InChI=1S/C16H16ClF3N2O/c17-13-9-11(8-12(10-13)16(18,19)20)15(14-2-1-7-23-14)22-5-3-21-4-6-22/h1-2,7-10,15,21H,3-6H2/t15-/m1/s1. The van der Waals surface area contributed by atoms with Crippen LogP contribution in [-0.4, -0.2) is 31.1 Å². The van der Waals surface area contributed by atoms with Gasteiger partial charge in [-0.15, -0.1) is 0 Å². The van der Waals surface area contributed by atoms with Gasteiger partial charge in [-0.25, -0.2) is 0 Å². The number of furan rings is 1. The Morgan fingerprint density at radius 2 is 1.91 bits per heavy atom. The van der Waals surface area contributed by atoms with E-state index in [1.54, 1.807) is 18.2 Å². The first-order chi connectivity index (χ1) is 10.9. The van der Waals surface area contributed by atoms with Crippen molar-refractivity contribution >= 4 is 11.6 Å². The number of nitrogens with zero attached hydrogens (tertiary/aromatic N) is 1. The topological polar surface area (TPSA) is 28.4 Å². The second kappa shape index (κ2) is 6.55. The summed E-state index contributed by atoms with van der Waals surface area (Å²) < 4.78 is 44.8. The summed E-state index contributed by atoms with van der Waals surface area (Å²) in [4.78, 5) is 2.10. The Labute approximate surface area is 137 Å². The Morgan fingerprint density at radius 3 is 2.52 bits per heavy atom. The van der Waals surface area contributed by atoms with Gasteiger partial charge in [0.25, 0.3) is 0 Å². The van der Waals surface area contributed by atoms with E-state index in [-0.39, 0.29) is 11.1 Å². The molecule has 1 aromatic heterocycles. The van der Waals surface area contributed by atoms with E-state index in [0.29, 0.717) is 11.3 Å². The molecule has 3 rings (SSSR count). The van der Waals surface area contributed by atoms with Gasteiger partial charge in [-0.05, 0) is 35.9 Å². The first-order valence-corrected chi connectivity index (χ1v) is 7.69. The van der Waals surface area contributed by atoms with Gasteiger partial charge < -0.3 is 9.73 Å². The molecular weight excluding hydrogens is 329 g/mol. The summed E-state index contributed by atoms with van der Waals surface area (Å²) in [5, 5.41) is 3.31. The van der Waals surface area contributed by atoms with Gasteiger partial charge in [-0.2, -0.15) is 13.2 Å². The molecule has 0 spiro atoms. The Bertz CT molecular complexity index is 652. The number of piperazine rings is 1. The Morgan fingerprint density at radius 1 is 1.17 bits per heavy atom. The van der Waals surface area contributed by atoms with Gasteiger partial charge in [0.15, 0.2) is 0 Å². The maximum absolute atomic E-state index is 13.1. The van der Waals surface area contributed by atoms with Crippen molar-refractivity contribution in [2.45, 2.75) is 12.2 Å². The fourth-order valence-electron chi connectivity index (χ4n) is 2.88. The van der Waals surface area contributed by atoms with Crippen LogP contribution in [0.25, 0.3) is 0 Å². The number of alkyl halides is 3. The lowest BCUT2D eigenvalue weighted by Gasteiger charge is -2.34. The van der Waals surface area contributed by atoms with Crippen LogP contribution >= 0.6 is 11.6 Å². The number of halogens is 4. The highest BCUT2D eigenvalue weighted by Gasteiger charge is 2.33. The first-order valence-electron chi connectivity index (χ1n) is 7.31. The number of hydrogen-bond acceptors (Lipinski definition) is 3. The average molecular weight is 345 g/mol. The molecule has 0 aliphatic carbocycles. The molecule has 1 aromatic carbocycles. The molecule has 0 amide bonds. The highest BCUT2D eigenvalue weighted by Crippen LogP contribution is 2.36. The summed E-state index contributed by atoms with van der Waals surface area (Å²) in [6.07, 6.45) is -2.91. The van der Waals surface area contributed by atoms with E-state index in [4.69, 9.17) is 16.0 Å². The van der Waals surface area contributed by atoms with E-state index in [1.807, 2.05) is 0 Å². The van der Waals surface area contributed by atoms with E-state index >= 15 is 0 Å². The van der Waals surface area contributed by atoms with E-state index in [2.05, 4.69) is 10.2 Å². The van der Waals surface area contributed by atoms with Crippen molar-refractivity contribution in [3.05, 3.63) is 58.5 Å². The lowest BCUT2D eigenvalue weighted by atomic mass is 9.99. The van der Waals surface area contributed by atoms with E-state index in [9.17, 15) is 13.2 Å². The van der Waals surface area contributed by atoms with Crippen molar-refractivity contribution in [2.24, 2.45) is 0 Å². The summed E-state index contributed by atoms with van der Waals surface area (Å²) in [5.74, 6) is 0.613. The lowest BCUT2D eigenvalue weighted by molar-refractivity contribution is -0.137. The number of nitrogens with one attached hydrogen (secondary N) is 1. The molecule has 1 saturated heterocycles. The predicted molar refractivity (Wildman–Crippen MR) is 81.4 cm³/mol. The van der Waals surface area contributed by atoms with Crippen LogP contribution in [0.3, 0.4) is 0 Å². The Balaban J connectivity index is 2.04. The normalized spacial score (nSPS) is 18.1. The molecule has 3 nitrogen and oxygen atoms in total. The molecule has 2 heterocycles. The molecule has 0 radical (unpaired) electrons. The van der Waals surface area contributed by atoms with Crippen molar-refractivity contribution in [1.82, 2.24) is 10.2 Å². The van der Waals surface area contributed by atoms with Crippen LogP contribution in [0.1, 0.15) is 22.9 Å². The molecule has 0 unspecified atom stereocenters. The van der Waals surface area contributed by atoms with Gasteiger partial charge in [0.05, 0.1) is 17.9 Å². The van der Waals surface area contributed by atoms with Gasteiger partial charge in [-0.3, -0.25) is 4.90 Å². The van der Waals surface area contributed by atoms with Gasteiger partial charge in [-0.1, -0.05) is 11.6 Å². The van der Waals surface area contributed by atoms with Crippen molar-refractivity contribution in [1.29, 1.82) is 0 Å². The second-order valence-corrected chi connectivity index (χ2v) is 5.91. The number of rotatable bonds is 3. The highest BCUT2D eigenvalue weighted by molar-refractivity contribution is 6.30. The molecule has 1 fully saturated rings. The maximum Gasteiger partial charge on any atom is 0.416 e. The molecule has 0 saturated carbocycles. The number of benzene rings is 1. The average Bonchev–Trinajstić information content (AvgIpc) is 3.01. The molecule has 0 bridgehead atoms. The fraction of sp³-hybridized carbons (Fsp3) is 0.375. The monoisotopic (exact) mass is 344 g/mol. The van der Waals surface area contributed by atoms with Crippen LogP contribution in [0.5, 0.6) is 0 Å². The second-order valence-electron chi connectivity index (χ2n) is 5.47. The largest absolute Gasteiger partial charge is 0.467 e. The third kappa shape index (κ3) is 3.71. The zero-order chi connectivity index (χ0) is 16.4. The minimum absolute atomic E-state index is 0.0708. The fourth-order valence-corrected chi connectivity index (χ4v) is 3.12. The Kier molecular flexibility index (Phi) is 4.66. The van der Waals surface area contributed by atoms with E-state index in [1.165, 1.54) is 6.26 Å². The van der Waals surface area contributed by atoms with E-state index in [0.717, 1.165) is 38.3 Å². The molecule has 1 N–H and O–H groups in total. The molecule has 1 aliphatic heterocycles. The van der Waals surface area contributed by atoms with Crippen LogP contribution in [-0.2, 0) is 6.18 Å². The summed E-state index contributed by atoms with van der Waals surface area (Å²) in [6.45, 7) is 3.01. The molecular formula is C16H16ClF3N2O. The predicted octanol–water partition coefficient (Wildman–Crippen LogP) is 3.95. The smallest absolute Gasteiger partial charge is 0.416 e. The number of hydrogen-bond donors (Lipinski definition) is 1. The minimum atomic E-state index is -4.43. The van der Waals surface area contributed by atoms with Gasteiger partial charge >= 0.3 is 6.18 Å². The van der Waals surface area contributed by atoms with Gasteiger partial charge in [0.1, 0.15) is 5.76 Å². The van der Waals surface area contributed by atoms with Crippen LogP contribution in [0, 0.1) is 0 Å². The SMILES string of the molecule is FC(F)(F)c1cc(Cl)cc([C@H](c2ccco2)N2CCNCC2)c1. The maximum atomic E-state index is 13.1. The van der Waals surface area contributed by atoms with Gasteiger partial charge in [0.2, 0.25) is 0 Å². The highest BCUT2D eigenvalue weighted by atomic mass is 35.5. The minimum Gasteiger partial charge on any atom is -0.467 e. The van der Waals surface area contributed by atoms with Crippen molar-refractivity contribution in [3.8, 4) is 0 Å². The summed E-state index contributed by atoms with van der Waals surface area (Å²) in [5.41, 5.74) is -0.256. The molecule has 124 valence electrons. The van der Waals surface area contributed by atoms with Crippen LogP contribution in [0.2, 0.25) is 5.02 Å². The zero-order valence-electron chi connectivity index (χ0n) is 12.2. The molecule has 7 heteroatoms. The van der Waals surface area contributed by atoms with Crippen LogP contribution < -0.4 is 5.32 Å².